The van der Waals surface area contributed by atoms with Crippen LogP contribution in [0.5, 0.6) is 11.5 Å². The fourth-order valence-corrected chi connectivity index (χ4v) is 2.09. The van der Waals surface area contributed by atoms with Crippen LogP contribution in [0.3, 0.4) is 0 Å². The van der Waals surface area contributed by atoms with Gasteiger partial charge in [0, 0.05) is 32.0 Å². The number of anilines is 2. The van der Waals surface area contributed by atoms with Gasteiger partial charge in [0.15, 0.2) is 17.2 Å². The standard InChI is InChI=1S/C17H22N4O4/c1-23-10-4-9-18-16-8-6-13(20-21-16)17(22)19-12-5-7-14(24-2)15(11-12)25-3/h5-8,11H,4,9-10H2,1-3H3,(H,18,21)(H,19,22). The highest BCUT2D eigenvalue weighted by atomic mass is 16.5. The Morgan fingerprint density at radius 1 is 1.04 bits per heavy atom. The molecular formula is C17H22N4O4. The number of methoxy groups -OCH3 is 3. The molecule has 1 amide bonds. The Hall–Kier alpha value is -2.87. The number of rotatable bonds is 9. The molecular weight excluding hydrogens is 324 g/mol. The number of ether oxygens (including phenoxy) is 3. The summed E-state index contributed by atoms with van der Waals surface area (Å²) in [4.78, 5) is 12.3. The maximum atomic E-state index is 12.3. The normalized spacial score (nSPS) is 10.2. The molecule has 0 aliphatic heterocycles. The lowest BCUT2D eigenvalue weighted by atomic mass is 10.2. The third kappa shape index (κ3) is 5.32. The fourth-order valence-electron chi connectivity index (χ4n) is 2.09. The van der Waals surface area contributed by atoms with Crippen molar-refractivity contribution in [3.63, 3.8) is 0 Å². The van der Waals surface area contributed by atoms with Crippen LogP contribution in [0, 0.1) is 0 Å². The van der Waals surface area contributed by atoms with Gasteiger partial charge in [-0.15, -0.1) is 10.2 Å². The third-order valence-electron chi connectivity index (χ3n) is 3.37. The molecule has 8 heteroatoms. The molecule has 0 radical (unpaired) electrons. The van der Waals surface area contributed by atoms with Gasteiger partial charge in [-0.25, -0.2) is 0 Å². The number of nitrogens with one attached hydrogen (secondary N) is 2. The first kappa shape index (κ1) is 18.5. The summed E-state index contributed by atoms with van der Waals surface area (Å²) < 4.78 is 15.4. The summed E-state index contributed by atoms with van der Waals surface area (Å²) in [5.41, 5.74) is 0.795. The molecule has 0 saturated heterocycles. The Morgan fingerprint density at radius 2 is 1.84 bits per heavy atom. The van der Waals surface area contributed by atoms with Gasteiger partial charge in [-0.1, -0.05) is 0 Å². The molecule has 1 heterocycles. The van der Waals surface area contributed by atoms with Gasteiger partial charge in [0.05, 0.1) is 14.2 Å². The molecule has 0 unspecified atom stereocenters. The molecule has 0 spiro atoms. The average molecular weight is 346 g/mol. The van der Waals surface area contributed by atoms with Crippen molar-refractivity contribution in [2.75, 3.05) is 45.1 Å². The van der Waals surface area contributed by atoms with Crippen molar-refractivity contribution in [1.29, 1.82) is 0 Å². The summed E-state index contributed by atoms with van der Waals surface area (Å²) in [5, 5.41) is 13.8. The molecule has 0 aliphatic rings. The number of carbonyl (C=O) groups excluding carboxylic acids is 1. The SMILES string of the molecule is COCCCNc1ccc(C(=O)Nc2ccc(OC)c(OC)c2)nn1. The van der Waals surface area contributed by atoms with Gasteiger partial charge in [0.25, 0.3) is 5.91 Å². The van der Waals surface area contributed by atoms with Crippen LogP contribution in [0.4, 0.5) is 11.5 Å². The van der Waals surface area contributed by atoms with E-state index >= 15 is 0 Å². The Bertz CT molecular complexity index is 692. The van der Waals surface area contributed by atoms with Crippen molar-refractivity contribution >= 4 is 17.4 Å². The Kier molecular flexibility index (Phi) is 6.97. The fraction of sp³-hybridized carbons (Fsp3) is 0.353. The maximum absolute atomic E-state index is 12.3. The maximum Gasteiger partial charge on any atom is 0.276 e. The predicted octanol–water partition coefficient (Wildman–Crippen LogP) is 2.19. The lowest BCUT2D eigenvalue weighted by Gasteiger charge is -2.10. The summed E-state index contributed by atoms with van der Waals surface area (Å²) >= 11 is 0. The van der Waals surface area contributed by atoms with E-state index in [4.69, 9.17) is 14.2 Å². The van der Waals surface area contributed by atoms with Crippen LogP contribution < -0.4 is 20.1 Å². The topological polar surface area (TPSA) is 94.6 Å². The second kappa shape index (κ2) is 9.43. The van der Waals surface area contributed by atoms with Gasteiger partial charge in [-0.3, -0.25) is 4.79 Å². The Labute approximate surface area is 146 Å². The number of amides is 1. The predicted molar refractivity (Wildman–Crippen MR) is 94.5 cm³/mol. The van der Waals surface area contributed by atoms with E-state index in [1.54, 1.807) is 44.6 Å². The number of aromatic nitrogens is 2. The molecule has 0 fully saturated rings. The molecule has 8 nitrogen and oxygen atoms in total. The highest BCUT2D eigenvalue weighted by Crippen LogP contribution is 2.29. The molecule has 0 bridgehead atoms. The molecule has 134 valence electrons. The summed E-state index contributed by atoms with van der Waals surface area (Å²) in [6.45, 7) is 1.39. The number of hydrogen-bond donors (Lipinski definition) is 2. The van der Waals surface area contributed by atoms with Gasteiger partial charge in [0.1, 0.15) is 5.82 Å². The van der Waals surface area contributed by atoms with E-state index in [1.807, 2.05) is 0 Å². The average Bonchev–Trinajstić information content (AvgIpc) is 2.65. The van der Waals surface area contributed by atoms with E-state index in [2.05, 4.69) is 20.8 Å². The second-order valence-electron chi connectivity index (χ2n) is 5.10. The van der Waals surface area contributed by atoms with Crippen molar-refractivity contribution in [1.82, 2.24) is 10.2 Å². The summed E-state index contributed by atoms with van der Waals surface area (Å²) in [5.74, 6) is 1.37. The van der Waals surface area contributed by atoms with Crippen LogP contribution in [0.2, 0.25) is 0 Å². The molecule has 1 aromatic carbocycles. The van der Waals surface area contributed by atoms with Crippen molar-refractivity contribution in [2.24, 2.45) is 0 Å². The minimum Gasteiger partial charge on any atom is -0.493 e. The lowest BCUT2D eigenvalue weighted by molar-refractivity contribution is 0.102. The van der Waals surface area contributed by atoms with Gasteiger partial charge in [-0.05, 0) is 30.7 Å². The van der Waals surface area contributed by atoms with Crippen LogP contribution in [-0.2, 0) is 4.74 Å². The van der Waals surface area contributed by atoms with Crippen molar-refractivity contribution in [2.45, 2.75) is 6.42 Å². The lowest BCUT2D eigenvalue weighted by Crippen LogP contribution is -2.15. The van der Waals surface area contributed by atoms with Crippen molar-refractivity contribution < 1.29 is 19.0 Å². The number of benzene rings is 1. The van der Waals surface area contributed by atoms with E-state index in [9.17, 15) is 4.79 Å². The molecule has 2 aromatic rings. The largest absolute Gasteiger partial charge is 0.493 e. The van der Waals surface area contributed by atoms with Crippen LogP contribution in [-0.4, -0.2) is 50.6 Å². The van der Waals surface area contributed by atoms with E-state index in [0.717, 1.165) is 13.0 Å². The first-order valence-corrected chi connectivity index (χ1v) is 7.78. The Morgan fingerprint density at radius 3 is 2.48 bits per heavy atom. The second-order valence-corrected chi connectivity index (χ2v) is 5.10. The monoisotopic (exact) mass is 346 g/mol. The van der Waals surface area contributed by atoms with Crippen LogP contribution >= 0.6 is 0 Å². The Balaban J connectivity index is 1.96. The van der Waals surface area contributed by atoms with E-state index in [-0.39, 0.29) is 11.6 Å². The quantitative estimate of drug-likeness (QED) is 0.672. The molecule has 25 heavy (non-hydrogen) atoms. The summed E-state index contributed by atoms with van der Waals surface area (Å²) in [6.07, 6.45) is 0.861. The van der Waals surface area contributed by atoms with E-state index in [0.29, 0.717) is 29.6 Å². The highest BCUT2D eigenvalue weighted by molar-refractivity contribution is 6.02. The molecule has 1 aromatic heterocycles. The van der Waals surface area contributed by atoms with Crippen LogP contribution in [0.25, 0.3) is 0 Å². The molecule has 2 rings (SSSR count). The number of carbonyl (C=O) groups is 1. The smallest absolute Gasteiger partial charge is 0.276 e. The van der Waals surface area contributed by atoms with Gasteiger partial charge >= 0.3 is 0 Å². The first-order valence-electron chi connectivity index (χ1n) is 7.78. The zero-order chi connectivity index (χ0) is 18.1. The molecule has 0 saturated carbocycles. The first-order chi connectivity index (χ1) is 12.2. The zero-order valence-electron chi connectivity index (χ0n) is 14.5. The third-order valence-corrected chi connectivity index (χ3v) is 3.37. The minimum atomic E-state index is -0.356. The summed E-state index contributed by atoms with van der Waals surface area (Å²) in [6, 6.07) is 8.44. The van der Waals surface area contributed by atoms with Gasteiger partial charge < -0.3 is 24.8 Å². The van der Waals surface area contributed by atoms with Crippen LogP contribution in [0.1, 0.15) is 16.9 Å². The highest BCUT2D eigenvalue weighted by Gasteiger charge is 2.11. The molecule has 0 aliphatic carbocycles. The van der Waals surface area contributed by atoms with Gasteiger partial charge in [-0.2, -0.15) is 0 Å². The molecule has 0 atom stereocenters. The zero-order valence-corrected chi connectivity index (χ0v) is 14.5. The minimum absolute atomic E-state index is 0.220. The van der Waals surface area contributed by atoms with Crippen molar-refractivity contribution in [3.8, 4) is 11.5 Å². The van der Waals surface area contributed by atoms with E-state index < -0.39 is 0 Å². The van der Waals surface area contributed by atoms with Crippen LogP contribution in [0.15, 0.2) is 30.3 Å². The van der Waals surface area contributed by atoms with E-state index in [1.165, 1.54) is 7.11 Å². The number of hydrogen-bond acceptors (Lipinski definition) is 7. The van der Waals surface area contributed by atoms with Gasteiger partial charge in [0.2, 0.25) is 0 Å². The molecule has 2 N–H and O–H groups in total. The number of nitrogens with zero attached hydrogens (tertiary/aromatic N) is 2. The summed E-state index contributed by atoms with van der Waals surface area (Å²) in [7, 11) is 4.75. The van der Waals surface area contributed by atoms with Crippen molar-refractivity contribution in [3.05, 3.63) is 36.0 Å².